The van der Waals surface area contributed by atoms with Crippen molar-refractivity contribution in [2.75, 3.05) is 39.6 Å². The summed E-state index contributed by atoms with van der Waals surface area (Å²) in [4.78, 5) is 0. The molecule has 0 amide bonds. The van der Waals surface area contributed by atoms with E-state index in [1.54, 1.807) is 0 Å². The first kappa shape index (κ1) is 41.3. The zero-order valence-corrected chi connectivity index (χ0v) is 30.0. The Labute approximate surface area is 274 Å². The van der Waals surface area contributed by atoms with Crippen LogP contribution >= 0.6 is 8.60 Å². The van der Waals surface area contributed by atoms with Gasteiger partial charge in [0.1, 0.15) is 5.75 Å². The smallest absolute Gasteiger partial charge is 0.397 e. The van der Waals surface area contributed by atoms with Gasteiger partial charge in [0.25, 0.3) is 0 Å². The van der Waals surface area contributed by atoms with Crippen LogP contribution in [0.4, 0.5) is 0 Å². The maximum Gasteiger partial charge on any atom is 0.397 e. The molecule has 0 saturated carbocycles. The predicted molar refractivity (Wildman–Crippen MR) is 190 cm³/mol. The minimum atomic E-state index is -1.36. The number of hydrogen-bond acceptors (Lipinski definition) is 5. The van der Waals surface area contributed by atoms with Crippen molar-refractivity contribution < 1.29 is 23.0 Å². The highest BCUT2D eigenvalue weighted by Gasteiger charge is 2.14. The standard InChI is InChI=1S/C38H71O5P/c1-3-5-7-9-15-24-32-39-34-26-17-11-13-19-28-36-41-44(43-38-30-22-21-23-31-38)42-37-29-20-14-12-18-27-35-40-33-25-16-10-8-6-4-2/h21-23,30-31H,3-20,24-29,32-37H2,1-2H3. The fraction of sp³-hybridized carbons (Fsp3) is 0.842. The lowest BCUT2D eigenvalue weighted by Gasteiger charge is -2.17. The van der Waals surface area contributed by atoms with E-state index in [0.717, 1.165) is 45.0 Å². The van der Waals surface area contributed by atoms with Gasteiger partial charge in [-0.15, -0.1) is 0 Å². The van der Waals surface area contributed by atoms with Gasteiger partial charge in [-0.05, 0) is 50.7 Å². The fourth-order valence-corrected chi connectivity index (χ4v) is 6.17. The molecule has 0 fully saturated rings. The zero-order valence-electron chi connectivity index (χ0n) is 29.1. The predicted octanol–water partition coefficient (Wildman–Crippen LogP) is 12.8. The van der Waals surface area contributed by atoms with E-state index >= 15 is 0 Å². The van der Waals surface area contributed by atoms with E-state index in [2.05, 4.69) is 13.8 Å². The van der Waals surface area contributed by atoms with E-state index in [1.807, 2.05) is 30.3 Å². The van der Waals surface area contributed by atoms with Crippen molar-refractivity contribution >= 4 is 8.60 Å². The number of rotatable bonds is 36. The van der Waals surface area contributed by atoms with Gasteiger partial charge in [0.15, 0.2) is 0 Å². The van der Waals surface area contributed by atoms with Gasteiger partial charge in [0.2, 0.25) is 0 Å². The molecular weight excluding hydrogens is 567 g/mol. The molecule has 44 heavy (non-hydrogen) atoms. The van der Waals surface area contributed by atoms with E-state index in [9.17, 15) is 0 Å². The van der Waals surface area contributed by atoms with Gasteiger partial charge < -0.3 is 23.0 Å². The second kappa shape index (κ2) is 35.1. The highest BCUT2D eigenvalue weighted by molar-refractivity contribution is 7.42. The van der Waals surface area contributed by atoms with Crippen LogP contribution in [-0.2, 0) is 18.5 Å². The molecule has 0 aromatic heterocycles. The second-order valence-corrected chi connectivity index (χ2v) is 13.4. The Hall–Kier alpha value is -0.710. The van der Waals surface area contributed by atoms with Crippen LogP contribution < -0.4 is 4.52 Å². The van der Waals surface area contributed by atoms with Crippen molar-refractivity contribution in [1.82, 2.24) is 0 Å². The largest absolute Gasteiger partial charge is 0.427 e. The summed E-state index contributed by atoms with van der Waals surface area (Å²) in [5.74, 6) is 0.816. The summed E-state index contributed by atoms with van der Waals surface area (Å²) in [6.07, 6.45) is 30.4. The lowest BCUT2D eigenvalue weighted by molar-refractivity contribution is 0.125. The Bertz CT molecular complexity index is 626. The van der Waals surface area contributed by atoms with Gasteiger partial charge in [-0.2, -0.15) is 0 Å². The van der Waals surface area contributed by atoms with Gasteiger partial charge in [-0.1, -0.05) is 148 Å². The van der Waals surface area contributed by atoms with Crippen LogP contribution in [0.2, 0.25) is 0 Å². The minimum Gasteiger partial charge on any atom is -0.427 e. The Kier molecular flexibility index (Phi) is 33.0. The Morgan fingerprint density at radius 3 is 1.07 bits per heavy atom. The number of para-hydroxylation sites is 1. The number of unbranched alkanes of at least 4 members (excludes halogenated alkanes) is 20. The van der Waals surface area contributed by atoms with Crippen molar-refractivity contribution in [3.8, 4) is 5.75 Å². The van der Waals surface area contributed by atoms with Crippen LogP contribution in [-0.4, -0.2) is 39.6 Å². The molecule has 0 radical (unpaired) electrons. The number of hydrogen-bond donors (Lipinski definition) is 0. The molecule has 0 unspecified atom stereocenters. The summed E-state index contributed by atoms with van der Waals surface area (Å²) in [5, 5.41) is 0. The third kappa shape index (κ3) is 30.0. The molecule has 0 aliphatic rings. The molecule has 5 nitrogen and oxygen atoms in total. The quantitative estimate of drug-likeness (QED) is 0.0540. The monoisotopic (exact) mass is 639 g/mol. The summed E-state index contributed by atoms with van der Waals surface area (Å²) in [6, 6.07) is 9.91. The molecule has 1 aromatic carbocycles. The molecule has 0 spiro atoms. The van der Waals surface area contributed by atoms with Crippen molar-refractivity contribution in [2.24, 2.45) is 0 Å². The number of benzene rings is 1. The van der Waals surface area contributed by atoms with Gasteiger partial charge >= 0.3 is 8.60 Å². The van der Waals surface area contributed by atoms with E-state index in [0.29, 0.717) is 13.2 Å². The van der Waals surface area contributed by atoms with Crippen LogP contribution in [0.25, 0.3) is 0 Å². The molecule has 1 aromatic rings. The SMILES string of the molecule is CCCCCCCCOCCCCCCCCOP(OCCCCCCCCOCCCCCCCC)Oc1ccccc1. The molecule has 0 saturated heterocycles. The molecule has 0 N–H and O–H groups in total. The molecule has 6 heteroatoms. The average Bonchev–Trinajstić information content (AvgIpc) is 3.04. The van der Waals surface area contributed by atoms with E-state index < -0.39 is 8.60 Å². The lowest BCUT2D eigenvalue weighted by atomic mass is 10.1. The van der Waals surface area contributed by atoms with Crippen LogP contribution in [0.3, 0.4) is 0 Å². The highest BCUT2D eigenvalue weighted by atomic mass is 31.2. The van der Waals surface area contributed by atoms with Gasteiger partial charge in [-0.3, -0.25) is 0 Å². The molecule has 0 aliphatic heterocycles. The molecule has 1 rings (SSSR count). The minimum absolute atomic E-state index is 0.695. The van der Waals surface area contributed by atoms with Gasteiger partial charge in [0, 0.05) is 26.4 Å². The van der Waals surface area contributed by atoms with E-state index in [1.165, 1.54) is 141 Å². The van der Waals surface area contributed by atoms with Crippen LogP contribution in [0.1, 0.15) is 168 Å². The summed E-state index contributed by atoms with van der Waals surface area (Å²) < 4.78 is 29.8. The van der Waals surface area contributed by atoms with Crippen LogP contribution in [0, 0.1) is 0 Å². The molecular formula is C38H71O5P. The Morgan fingerprint density at radius 1 is 0.386 bits per heavy atom. The lowest BCUT2D eigenvalue weighted by Crippen LogP contribution is -2.01. The highest BCUT2D eigenvalue weighted by Crippen LogP contribution is 2.41. The first-order valence-corrected chi connectivity index (χ1v) is 19.9. The van der Waals surface area contributed by atoms with Crippen molar-refractivity contribution in [3.05, 3.63) is 30.3 Å². The third-order valence-electron chi connectivity index (χ3n) is 7.97. The van der Waals surface area contributed by atoms with Crippen LogP contribution in [0.15, 0.2) is 30.3 Å². The van der Waals surface area contributed by atoms with Gasteiger partial charge in [-0.25, -0.2) is 0 Å². The zero-order chi connectivity index (χ0) is 31.4. The average molecular weight is 639 g/mol. The molecule has 0 aliphatic carbocycles. The molecule has 0 bridgehead atoms. The maximum absolute atomic E-state index is 6.07. The van der Waals surface area contributed by atoms with Crippen molar-refractivity contribution in [1.29, 1.82) is 0 Å². The van der Waals surface area contributed by atoms with Crippen molar-refractivity contribution in [2.45, 2.75) is 168 Å². The Morgan fingerprint density at radius 2 is 0.705 bits per heavy atom. The van der Waals surface area contributed by atoms with Crippen molar-refractivity contribution in [3.63, 3.8) is 0 Å². The van der Waals surface area contributed by atoms with Crippen LogP contribution in [0.5, 0.6) is 5.75 Å². The topological polar surface area (TPSA) is 46.2 Å². The van der Waals surface area contributed by atoms with E-state index in [-0.39, 0.29) is 0 Å². The maximum atomic E-state index is 6.07. The first-order chi connectivity index (χ1) is 21.9. The molecule has 0 atom stereocenters. The normalized spacial score (nSPS) is 11.5. The number of ether oxygens (including phenoxy) is 2. The molecule has 258 valence electrons. The summed E-state index contributed by atoms with van der Waals surface area (Å²) >= 11 is 0. The fourth-order valence-electron chi connectivity index (χ4n) is 5.14. The van der Waals surface area contributed by atoms with E-state index in [4.69, 9.17) is 23.0 Å². The first-order valence-electron chi connectivity index (χ1n) is 18.8. The summed E-state index contributed by atoms with van der Waals surface area (Å²) in [5.41, 5.74) is 0. The summed E-state index contributed by atoms with van der Waals surface area (Å²) in [7, 11) is -1.36. The van der Waals surface area contributed by atoms with Gasteiger partial charge in [0.05, 0.1) is 13.2 Å². The molecule has 0 heterocycles. The second-order valence-electron chi connectivity index (χ2n) is 12.3. The third-order valence-corrected chi connectivity index (χ3v) is 9.11. The summed E-state index contributed by atoms with van der Waals surface area (Å²) in [6.45, 7) is 9.65. The Balaban J connectivity index is 1.98.